The van der Waals surface area contributed by atoms with Crippen LogP contribution in [0, 0.1) is 11.7 Å². The van der Waals surface area contributed by atoms with Gasteiger partial charge in [0.25, 0.3) is 5.91 Å². The second-order valence-corrected chi connectivity index (χ2v) is 7.49. The predicted molar refractivity (Wildman–Crippen MR) is 95.4 cm³/mol. The summed E-state index contributed by atoms with van der Waals surface area (Å²) in [4.78, 5) is 14.3. The van der Waals surface area contributed by atoms with Gasteiger partial charge in [-0.2, -0.15) is 0 Å². The fraction of sp³-hybridized carbons (Fsp3) is 0.476. The molecule has 2 aromatic rings. The number of halogens is 1. The molecule has 1 amide bonds. The van der Waals surface area contributed by atoms with Crippen LogP contribution in [0.4, 0.5) is 4.39 Å². The minimum Gasteiger partial charge on any atom is -0.459 e. The van der Waals surface area contributed by atoms with E-state index in [1.165, 1.54) is 12.3 Å². The molecule has 0 aliphatic carbocycles. The van der Waals surface area contributed by atoms with E-state index in [0.29, 0.717) is 24.8 Å². The number of nitrogens with zero attached hydrogens (tertiary/aromatic N) is 1. The molecule has 5 heteroatoms. The number of carbonyl (C=O) groups is 1. The highest BCUT2D eigenvalue weighted by atomic mass is 19.1. The van der Waals surface area contributed by atoms with Crippen LogP contribution in [0.5, 0.6) is 0 Å². The van der Waals surface area contributed by atoms with E-state index in [1.54, 1.807) is 24.3 Å². The Morgan fingerprint density at radius 3 is 2.81 bits per heavy atom. The lowest BCUT2D eigenvalue weighted by Crippen LogP contribution is -2.51. The van der Waals surface area contributed by atoms with Gasteiger partial charge in [0.05, 0.1) is 11.9 Å². The van der Waals surface area contributed by atoms with Crippen LogP contribution in [0.1, 0.15) is 41.8 Å². The van der Waals surface area contributed by atoms with Crippen molar-refractivity contribution in [1.82, 2.24) is 4.90 Å². The Morgan fingerprint density at radius 2 is 2.08 bits per heavy atom. The number of amides is 1. The molecule has 3 heterocycles. The predicted octanol–water partition coefficient (Wildman–Crippen LogP) is 4.06. The number of ether oxygens (including phenoxy) is 1. The number of carbonyl (C=O) groups excluding carboxylic acids is 1. The number of hydrogen-bond acceptors (Lipinski definition) is 3. The van der Waals surface area contributed by atoms with Crippen molar-refractivity contribution in [2.45, 2.75) is 37.7 Å². The van der Waals surface area contributed by atoms with Crippen LogP contribution in [0.15, 0.2) is 47.1 Å². The van der Waals surface area contributed by atoms with Crippen molar-refractivity contribution in [1.29, 1.82) is 0 Å². The summed E-state index contributed by atoms with van der Waals surface area (Å²) in [5, 5.41) is 0. The first kappa shape index (κ1) is 17.3. The van der Waals surface area contributed by atoms with Gasteiger partial charge in [-0.15, -0.1) is 0 Å². The number of rotatable bonds is 3. The number of furan rings is 1. The molecule has 4 nitrogen and oxygen atoms in total. The summed E-state index contributed by atoms with van der Waals surface area (Å²) in [6, 6.07) is 10.3. The lowest BCUT2D eigenvalue weighted by Gasteiger charge is -2.46. The molecule has 2 saturated heterocycles. The highest BCUT2D eigenvalue weighted by molar-refractivity contribution is 5.91. The number of hydrogen-bond donors (Lipinski definition) is 0. The first-order chi connectivity index (χ1) is 12.6. The monoisotopic (exact) mass is 357 g/mol. The lowest BCUT2D eigenvalue weighted by atomic mass is 9.77. The molecule has 1 spiro atoms. The summed E-state index contributed by atoms with van der Waals surface area (Å²) in [7, 11) is 0. The molecule has 0 saturated carbocycles. The van der Waals surface area contributed by atoms with Gasteiger partial charge in [-0.1, -0.05) is 12.1 Å². The SMILES string of the molecule is O=C(c1ccco1)N1CCC2(CC1)CC(Cc1cccc(F)c1)CCO2. The molecule has 2 aliphatic rings. The van der Waals surface area contributed by atoms with Gasteiger partial charge in [0.1, 0.15) is 5.82 Å². The molecule has 26 heavy (non-hydrogen) atoms. The fourth-order valence-corrected chi connectivity index (χ4v) is 4.32. The second-order valence-electron chi connectivity index (χ2n) is 7.49. The van der Waals surface area contributed by atoms with E-state index < -0.39 is 0 Å². The first-order valence-electron chi connectivity index (χ1n) is 9.35. The Hall–Kier alpha value is -2.14. The second kappa shape index (κ2) is 7.23. The third-order valence-corrected chi connectivity index (χ3v) is 5.70. The zero-order chi connectivity index (χ0) is 18.0. The van der Waals surface area contributed by atoms with Gasteiger partial charge >= 0.3 is 0 Å². The Kier molecular flexibility index (Phi) is 4.81. The number of likely N-dealkylation sites (tertiary alicyclic amines) is 1. The third kappa shape index (κ3) is 3.68. The van der Waals surface area contributed by atoms with Crippen molar-refractivity contribution in [3.05, 3.63) is 59.8 Å². The number of piperidine rings is 1. The van der Waals surface area contributed by atoms with Crippen molar-refractivity contribution in [3.63, 3.8) is 0 Å². The van der Waals surface area contributed by atoms with Crippen molar-refractivity contribution >= 4 is 5.91 Å². The minimum atomic E-state index is -0.172. The maximum atomic E-state index is 13.4. The molecular weight excluding hydrogens is 333 g/mol. The maximum absolute atomic E-state index is 13.4. The molecule has 0 radical (unpaired) electrons. The highest BCUT2D eigenvalue weighted by Gasteiger charge is 2.41. The molecule has 2 fully saturated rings. The molecule has 1 unspecified atom stereocenters. The molecule has 1 atom stereocenters. The Bertz CT molecular complexity index is 750. The summed E-state index contributed by atoms with van der Waals surface area (Å²) in [5.74, 6) is 0.679. The summed E-state index contributed by atoms with van der Waals surface area (Å²) in [6.45, 7) is 2.12. The fourth-order valence-electron chi connectivity index (χ4n) is 4.32. The van der Waals surface area contributed by atoms with Crippen LogP contribution in [0.25, 0.3) is 0 Å². The Labute approximate surface area is 152 Å². The van der Waals surface area contributed by atoms with Gasteiger partial charge in [-0.3, -0.25) is 4.79 Å². The summed E-state index contributed by atoms with van der Waals surface area (Å²) < 4.78 is 24.8. The molecule has 1 aromatic heterocycles. The standard InChI is InChI=1S/C21H24FNO3/c22-18-4-1-3-16(14-18)13-17-6-12-26-21(15-17)7-9-23(10-8-21)20(24)19-5-2-11-25-19/h1-5,11,14,17H,6-10,12-13,15H2. The molecular formula is C21H24FNO3. The van der Waals surface area contributed by atoms with Gasteiger partial charge in [-0.05, 0) is 67.9 Å². The van der Waals surface area contributed by atoms with Crippen LogP contribution in [-0.4, -0.2) is 36.1 Å². The molecule has 138 valence electrons. The van der Waals surface area contributed by atoms with E-state index in [9.17, 15) is 9.18 Å². The van der Waals surface area contributed by atoms with Gasteiger partial charge in [0.2, 0.25) is 0 Å². The number of benzene rings is 1. The van der Waals surface area contributed by atoms with Gasteiger partial charge in [0, 0.05) is 19.7 Å². The van der Waals surface area contributed by atoms with E-state index in [0.717, 1.165) is 44.3 Å². The van der Waals surface area contributed by atoms with Crippen LogP contribution in [-0.2, 0) is 11.2 Å². The largest absolute Gasteiger partial charge is 0.459 e. The smallest absolute Gasteiger partial charge is 0.289 e. The Morgan fingerprint density at radius 1 is 1.23 bits per heavy atom. The molecule has 0 bridgehead atoms. The van der Waals surface area contributed by atoms with Crippen LogP contribution in [0.3, 0.4) is 0 Å². The molecule has 4 rings (SSSR count). The van der Waals surface area contributed by atoms with Crippen molar-refractivity contribution in [2.75, 3.05) is 19.7 Å². The zero-order valence-electron chi connectivity index (χ0n) is 14.8. The van der Waals surface area contributed by atoms with Crippen molar-refractivity contribution in [2.24, 2.45) is 5.92 Å². The van der Waals surface area contributed by atoms with E-state index in [4.69, 9.17) is 9.15 Å². The van der Waals surface area contributed by atoms with E-state index in [2.05, 4.69) is 0 Å². The quantitative estimate of drug-likeness (QED) is 0.832. The summed E-state index contributed by atoms with van der Waals surface area (Å²) >= 11 is 0. The molecule has 1 aromatic carbocycles. The average molecular weight is 357 g/mol. The van der Waals surface area contributed by atoms with Crippen molar-refractivity contribution < 1.29 is 18.3 Å². The normalized spacial score (nSPS) is 22.5. The lowest BCUT2D eigenvalue weighted by molar-refractivity contribution is -0.123. The van der Waals surface area contributed by atoms with Crippen LogP contribution >= 0.6 is 0 Å². The summed E-state index contributed by atoms with van der Waals surface area (Å²) in [6.07, 6.45) is 6.09. The minimum absolute atomic E-state index is 0.0445. The Balaban J connectivity index is 1.36. The van der Waals surface area contributed by atoms with Gasteiger partial charge in [-0.25, -0.2) is 4.39 Å². The van der Waals surface area contributed by atoms with Gasteiger partial charge < -0.3 is 14.1 Å². The van der Waals surface area contributed by atoms with Crippen molar-refractivity contribution in [3.8, 4) is 0 Å². The summed E-state index contributed by atoms with van der Waals surface area (Å²) in [5.41, 5.74) is 0.911. The maximum Gasteiger partial charge on any atom is 0.289 e. The van der Waals surface area contributed by atoms with Crippen LogP contribution in [0.2, 0.25) is 0 Å². The highest BCUT2D eigenvalue weighted by Crippen LogP contribution is 2.39. The van der Waals surface area contributed by atoms with E-state index in [1.807, 2.05) is 11.0 Å². The topological polar surface area (TPSA) is 42.7 Å². The third-order valence-electron chi connectivity index (χ3n) is 5.70. The molecule has 2 aliphatic heterocycles. The van der Waals surface area contributed by atoms with Gasteiger partial charge in [0.15, 0.2) is 5.76 Å². The zero-order valence-corrected chi connectivity index (χ0v) is 14.8. The molecule has 0 N–H and O–H groups in total. The first-order valence-corrected chi connectivity index (χ1v) is 9.35. The van der Waals surface area contributed by atoms with E-state index >= 15 is 0 Å². The van der Waals surface area contributed by atoms with Crippen LogP contribution < -0.4 is 0 Å². The average Bonchev–Trinajstić information content (AvgIpc) is 3.17. The van der Waals surface area contributed by atoms with E-state index in [-0.39, 0.29) is 17.3 Å².